The van der Waals surface area contributed by atoms with E-state index >= 15 is 0 Å². The number of hydrogen-bond acceptors (Lipinski definition) is 6. The zero-order valence-electron chi connectivity index (χ0n) is 26.2. The Morgan fingerprint density at radius 3 is 1.63 bits per heavy atom. The van der Waals surface area contributed by atoms with Gasteiger partial charge in [0.05, 0.1) is 11.4 Å². The van der Waals surface area contributed by atoms with Crippen LogP contribution in [0.1, 0.15) is 0 Å². The molecular weight excluding hydrogens is 603 g/mol. The summed E-state index contributed by atoms with van der Waals surface area (Å²) in [6.45, 7) is 0. The molecule has 0 amide bonds. The first-order valence-electron chi connectivity index (χ1n) is 16.1. The third kappa shape index (κ3) is 5.31. The molecule has 4 aromatic heterocycles. The topological polar surface area (TPSA) is 77.6 Å². The Labute approximate surface area is 282 Å². The standard InChI is InChI=1S/C43H27N5O/c1-3-12-28(13-4-1)29-20-22-31(23-21-29)42-46-41(30-14-5-2-6-15-30)47-43(48-42)33-16-11-19-38-39(33)35-27-32(36-17-7-9-24-44-36)26-34(40(35)49-38)37-18-8-10-25-45-37/h1-27H. The lowest BCUT2D eigenvalue weighted by molar-refractivity contribution is 0.670. The summed E-state index contributed by atoms with van der Waals surface area (Å²) >= 11 is 0. The van der Waals surface area contributed by atoms with E-state index in [4.69, 9.17) is 19.4 Å². The molecule has 0 fully saturated rings. The summed E-state index contributed by atoms with van der Waals surface area (Å²) in [4.78, 5) is 24.5. The Morgan fingerprint density at radius 1 is 0.388 bits per heavy atom. The highest BCUT2D eigenvalue weighted by atomic mass is 16.3. The normalized spacial score (nSPS) is 11.3. The third-order valence-corrected chi connectivity index (χ3v) is 8.66. The maximum atomic E-state index is 6.64. The van der Waals surface area contributed by atoms with Gasteiger partial charge in [-0.1, -0.05) is 109 Å². The minimum Gasteiger partial charge on any atom is -0.455 e. The molecule has 0 spiro atoms. The molecule has 6 nitrogen and oxygen atoms in total. The molecule has 5 aromatic carbocycles. The van der Waals surface area contributed by atoms with Crippen LogP contribution in [-0.2, 0) is 0 Å². The molecule has 0 bridgehead atoms. The van der Waals surface area contributed by atoms with Crippen LogP contribution in [0.2, 0.25) is 0 Å². The fourth-order valence-corrected chi connectivity index (χ4v) is 6.29. The number of hydrogen-bond donors (Lipinski definition) is 0. The smallest absolute Gasteiger partial charge is 0.164 e. The number of furan rings is 1. The van der Waals surface area contributed by atoms with Crippen molar-refractivity contribution in [3.8, 4) is 67.8 Å². The van der Waals surface area contributed by atoms with Gasteiger partial charge in [0.2, 0.25) is 0 Å². The van der Waals surface area contributed by atoms with Crippen LogP contribution in [-0.4, -0.2) is 24.9 Å². The third-order valence-electron chi connectivity index (χ3n) is 8.66. The lowest BCUT2D eigenvalue weighted by Gasteiger charge is -2.10. The van der Waals surface area contributed by atoms with Gasteiger partial charge in [-0.3, -0.25) is 9.97 Å². The lowest BCUT2D eigenvalue weighted by Crippen LogP contribution is -2.00. The van der Waals surface area contributed by atoms with E-state index in [0.717, 1.165) is 72.3 Å². The quantitative estimate of drug-likeness (QED) is 0.182. The van der Waals surface area contributed by atoms with Gasteiger partial charge in [0, 0.05) is 51.0 Å². The summed E-state index contributed by atoms with van der Waals surface area (Å²) in [5.41, 5.74) is 9.96. The van der Waals surface area contributed by atoms with Gasteiger partial charge in [0.15, 0.2) is 17.5 Å². The summed E-state index contributed by atoms with van der Waals surface area (Å²) < 4.78 is 6.64. The Kier molecular flexibility index (Phi) is 7.02. The van der Waals surface area contributed by atoms with Gasteiger partial charge in [-0.05, 0) is 53.6 Å². The van der Waals surface area contributed by atoms with Crippen LogP contribution in [0, 0.1) is 0 Å². The summed E-state index contributed by atoms with van der Waals surface area (Å²) in [7, 11) is 0. The van der Waals surface area contributed by atoms with Gasteiger partial charge in [0.25, 0.3) is 0 Å². The number of pyridine rings is 2. The largest absolute Gasteiger partial charge is 0.455 e. The molecular formula is C43H27N5O. The van der Waals surface area contributed by atoms with Crippen molar-refractivity contribution in [2.24, 2.45) is 0 Å². The zero-order chi connectivity index (χ0) is 32.6. The van der Waals surface area contributed by atoms with E-state index in [-0.39, 0.29) is 0 Å². The van der Waals surface area contributed by atoms with Crippen LogP contribution in [0.5, 0.6) is 0 Å². The van der Waals surface area contributed by atoms with Gasteiger partial charge in [-0.15, -0.1) is 0 Å². The van der Waals surface area contributed by atoms with Crippen molar-refractivity contribution in [2.75, 3.05) is 0 Å². The van der Waals surface area contributed by atoms with Gasteiger partial charge in [0.1, 0.15) is 11.2 Å². The number of benzene rings is 5. The van der Waals surface area contributed by atoms with E-state index in [2.05, 4.69) is 64.6 Å². The Morgan fingerprint density at radius 2 is 0.959 bits per heavy atom. The highest BCUT2D eigenvalue weighted by Gasteiger charge is 2.21. The van der Waals surface area contributed by atoms with E-state index in [9.17, 15) is 0 Å². The number of nitrogens with zero attached hydrogens (tertiary/aromatic N) is 5. The first-order chi connectivity index (χ1) is 24.3. The van der Waals surface area contributed by atoms with Crippen LogP contribution in [0.4, 0.5) is 0 Å². The highest BCUT2D eigenvalue weighted by molar-refractivity contribution is 6.16. The van der Waals surface area contributed by atoms with Crippen molar-refractivity contribution in [2.45, 2.75) is 0 Å². The van der Waals surface area contributed by atoms with E-state index in [1.165, 1.54) is 0 Å². The SMILES string of the molecule is c1ccc(-c2ccc(-c3nc(-c4ccccc4)nc(-c4cccc5oc6c(-c7ccccn7)cc(-c7ccccn7)cc6c45)n3)cc2)cc1. The summed E-state index contributed by atoms with van der Waals surface area (Å²) in [6, 6.07) is 50.8. The van der Waals surface area contributed by atoms with Crippen molar-refractivity contribution in [1.29, 1.82) is 0 Å². The van der Waals surface area contributed by atoms with Crippen LogP contribution < -0.4 is 0 Å². The van der Waals surface area contributed by atoms with Gasteiger partial charge >= 0.3 is 0 Å². The number of rotatable bonds is 6. The second-order valence-corrected chi connectivity index (χ2v) is 11.7. The average Bonchev–Trinajstić information content (AvgIpc) is 3.58. The van der Waals surface area contributed by atoms with E-state index in [1.54, 1.807) is 6.20 Å². The van der Waals surface area contributed by atoms with Crippen LogP contribution in [0.25, 0.3) is 89.7 Å². The minimum absolute atomic E-state index is 0.562. The summed E-state index contributed by atoms with van der Waals surface area (Å²) in [6.07, 6.45) is 3.61. The van der Waals surface area contributed by atoms with Gasteiger partial charge < -0.3 is 4.42 Å². The second-order valence-electron chi connectivity index (χ2n) is 11.7. The fourth-order valence-electron chi connectivity index (χ4n) is 6.29. The highest BCUT2D eigenvalue weighted by Crippen LogP contribution is 2.42. The Bertz CT molecular complexity index is 2570. The molecule has 0 aliphatic rings. The molecule has 0 N–H and O–H groups in total. The number of aromatic nitrogens is 5. The molecule has 0 atom stereocenters. The molecule has 0 saturated carbocycles. The molecule has 9 aromatic rings. The minimum atomic E-state index is 0.562. The van der Waals surface area contributed by atoms with Crippen molar-refractivity contribution in [3.05, 3.63) is 164 Å². The predicted molar refractivity (Wildman–Crippen MR) is 195 cm³/mol. The molecule has 0 unspecified atom stereocenters. The molecule has 6 heteroatoms. The maximum Gasteiger partial charge on any atom is 0.164 e. The molecule has 4 heterocycles. The molecule has 0 radical (unpaired) electrons. The fraction of sp³-hybridized carbons (Fsp3) is 0. The van der Waals surface area contributed by atoms with Gasteiger partial charge in [-0.25, -0.2) is 15.0 Å². The zero-order valence-corrected chi connectivity index (χ0v) is 26.2. The number of fused-ring (bicyclic) bond motifs is 3. The van der Waals surface area contributed by atoms with E-state index in [0.29, 0.717) is 17.5 Å². The summed E-state index contributed by atoms with van der Waals surface area (Å²) in [5.74, 6) is 1.75. The van der Waals surface area contributed by atoms with Crippen molar-refractivity contribution < 1.29 is 4.42 Å². The Balaban J connectivity index is 1.28. The molecule has 0 aliphatic heterocycles. The van der Waals surface area contributed by atoms with Crippen LogP contribution >= 0.6 is 0 Å². The molecule has 9 rings (SSSR count). The van der Waals surface area contributed by atoms with Crippen molar-refractivity contribution >= 4 is 21.9 Å². The average molecular weight is 630 g/mol. The maximum absolute atomic E-state index is 6.64. The first-order valence-corrected chi connectivity index (χ1v) is 16.1. The molecule has 230 valence electrons. The molecule has 0 aliphatic carbocycles. The predicted octanol–water partition coefficient (Wildman–Crippen LogP) is 10.6. The van der Waals surface area contributed by atoms with Gasteiger partial charge in [-0.2, -0.15) is 0 Å². The van der Waals surface area contributed by atoms with Crippen molar-refractivity contribution in [3.63, 3.8) is 0 Å². The Hall–Kier alpha value is -6.79. The van der Waals surface area contributed by atoms with E-state index in [1.807, 2.05) is 103 Å². The molecule has 49 heavy (non-hydrogen) atoms. The van der Waals surface area contributed by atoms with E-state index < -0.39 is 0 Å². The van der Waals surface area contributed by atoms with Crippen LogP contribution in [0.3, 0.4) is 0 Å². The second kappa shape index (κ2) is 12.1. The lowest BCUT2D eigenvalue weighted by atomic mass is 9.98. The molecule has 0 saturated heterocycles. The van der Waals surface area contributed by atoms with Crippen molar-refractivity contribution in [1.82, 2.24) is 24.9 Å². The first kappa shape index (κ1) is 28.4. The monoisotopic (exact) mass is 629 g/mol. The van der Waals surface area contributed by atoms with Crippen LogP contribution in [0.15, 0.2) is 168 Å². The summed E-state index contributed by atoms with van der Waals surface area (Å²) in [5, 5.41) is 1.85.